The molecule has 0 radical (unpaired) electrons. The van der Waals surface area contributed by atoms with Crippen molar-refractivity contribution in [2.75, 3.05) is 0 Å². The second-order valence-electron chi connectivity index (χ2n) is 3.40. The van der Waals surface area contributed by atoms with Gasteiger partial charge in [-0.15, -0.1) is 0 Å². The van der Waals surface area contributed by atoms with Gasteiger partial charge in [0.1, 0.15) is 6.07 Å². The van der Waals surface area contributed by atoms with E-state index in [0.29, 0.717) is 11.3 Å². The molecule has 0 amide bonds. The van der Waals surface area contributed by atoms with E-state index in [2.05, 4.69) is 5.16 Å². The molecular formula is C12H7N3O3. The normalized spacial score (nSPS) is 10.9. The topological polar surface area (TPSA) is 93.0 Å². The van der Waals surface area contributed by atoms with E-state index in [1.54, 1.807) is 18.2 Å². The van der Waals surface area contributed by atoms with Crippen LogP contribution < -0.4 is 0 Å². The Kier molecular flexibility index (Phi) is 3.16. The van der Waals surface area contributed by atoms with E-state index in [-0.39, 0.29) is 11.3 Å². The molecule has 2 aromatic rings. The number of nitriles is 1. The van der Waals surface area contributed by atoms with Gasteiger partial charge in [0, 0.05) is 18.2 Å². The second kappa shape index (κ2) is 4.93. The average molecular weight is 241 g/mol. The van der Waals surface area contributed by atoms with E-state index in [4.69, 9.17) is 9.78 Å². The Bertz CT molecular complexity index is 639. The number of nitro groups is 1. The van der Waals surface area contributed by atoms with Crippen LogP contribution in [0.25, 0.3) is 11.6 Å². The Morgan fingerprint density at radius 3 is 2.94 bits per heavy atom. The highest BCUT2D eigenvalue weighted by molar-refractivity contribution is 5.87. The third-order valence-corrected chi connectivity index (χ3v) is 2.22. The monoisotopic (exact) mass is 241 g/mol. The largest absolute Gasteiger partial charge is 0.356 e. The van der Waals surface area contributed by atoms with Crippen LogP contribution in [-0.4, -0.2) is 10.1 Å². The van der Waals surface area contributed by atoms with E-state index in [1.165, 1.54) is 24.4 Å². The van der Waals surface area contributed by atoms with Gasteiger partial charge in [-0.1, -0.05) is 17.3 Å². The Hall–Kier alpha value is -2.94. The molecule has 18 heavy (non-hydrogen) atoms. The molecule has 1 heterocycles. The van der Waals surface area contributed by atoms with Gasteiger partial charge in [0.2, 0.25) is 0 Å². The van der Waals surface area contributed by atoms with Crippen LogP contribution in [0.15, 0.2) is 41.1 Å². The van der Waals surface area contributed by atoms with Crippen LogP contribution in [0.3, 0.4) is 0 Å². The van der Waals surface area contributed by atoms with E-state index < -0.39 is 4.92 Å². The van der Waals surface area contributed by atoms with Gasteiger partial charge in [0.05, 0.1) is 16.7 Å². The zero-order valence-corrected chi connectivity index (χ0v) is 9.11. The van der Waals surface area contributed by atoms with E-state index in [9.17, 15) is 10.1 Å². The number of benzene rings is 1. The molecule has 0 atom stereocenters. The summed E-state index contributed by atoms with van der Waals surface area (Å²) in [6.45, 7) is 0. The molecule has 0 aliphatic heterocycles. The van der Waals surface area contributed by atoms with Crippen LogP contribution in [0.1, 0.15) is 11.3 Å². The summed E-state index contributed by atoms with van der Waals surface area (Å²) < 4.78 is 4.86. The predicted molar refractivity (Wildman–Crippen MR) is 63.1 cm³/mol. The molecule has 0 unspecified atom stereocenters. The van der Waals surface area contributed by atoms with Crippen molar-refractivity contribution in [3.8, 4) is 6.07 Å². The maximum atomic E-state index is 10.6. The van der Waals surface area contributed by atoms with Gasteiger partial charge in [-0.05, 0) is 11.6 Å². The molecular weight excluding hydrogens is 234 g/mol. The molecule has 0 spiro atoms. The minimum Gasteiger partial charge on any atom is -0.356 e. The van der Waals surface area contributed by atoms with Crippen LogP contribution in [0.4, 0.5) is 5.69 Å². The first-order chi connectivity index (χ1) is 8.70. The van der Waals surface area contributed by atoms with Crippen LogP contribution in [0.5, 0.6) is 0 Å². The highest BCUT2D eigenvalue weighted by Crippen LogP contribution is 2.20. The molecule has 0 aliphatic carbocycles. The highest BCUT2D eigenvalue weighted by Gasteiger charge is 2.08. The quantitative estimate of drug-likeness (QED) is 0.467. The number of non-ortho nitro benzene ring substituents is 1. The van der Waals surface area contributed by atoms with E-state index in [0.717, 1.165) is 0 Å². The van der Waals surface area contributed by atoms with Crippen LogP contribution in [-0.2, 0) is 0 Å². The van der Waals surface area contributed by atoms with Gasteiger partial charge in [-0.25, -0.2) is 0 Å². The van der Waals surface area contributed by atoms with Crippen molar-refractivity contribution in [1.29, 1.82) is 5.26 Å². The Labute approximate surface area is 102 Å². The van der Waals surface area contributed by atoms with Gasteiger partial charge < -0.3 is 4.52 Å². The summed E-state index contributed by atoms with van der Waals surface area (Å²) in [6.07, 6.45) is 2.93. The molecule has 6 heteroatoms. The second-order valence-corrected chi connectivity index (χ2v) is 3.40. The summed E-state index contributed by atoms with van der Waals surface area (Å²) >= 11 is 0. The zero-order chi connectivity index (χ0) is 13.0. The fourth-order valence-electron chi connectivity index (χ4n) is 1.41. The van der Waals surface area contributed by atoms with Crippen molar-refractivity contribution in [3.63, 3.8) is 0 Å². The third kappa shape index (κ3) is 2.41. The summed E-state index contributed by atoms with van der Waals surface area (Å²) in [5.74, 6) is 0.323. The highest BCUT2D eigenvalue weighted by atomic mass is 16.6. The van der Waals surface area contributed by atoms with Crippen molar-refractivity contribution in [3.05, 3.63) is 58.0 Å². The number of hydrogen-bond donors (Lipinski definition) is 0. The number of nitro benzene ring substituents is 1. The number of rotatable bonds is 3. The number of nitrogens with zero attached hydrogens (tertiary/aromatic N) is 3. The van der Waals surface area contributed by atoms with Crippen molar-refractivity contribution in [2.24, 2.45) is 0 Å². The maximum Gasteiger partial charge on any atom is 0.270 e. The van der Waals surface area contributed by atoms with Crippen LogP contribution >= 0.6 is 0 Å². The fourth-order valence-corrected chi connectivity index (χ4v) is 1.41. The minimum absolute atomic E-state index is 0.0291. The summed E-state index contributed by atoms with van der Waals surface area (Å²) in [7, 11) is 0. The Morgan fingerprint density at radius 1 is 1.50 bits per heavy atom. The molecule has 0 saturated heterocycles. The third-order valence-electron chi connectivity index (χ3n) is 2.22. The predicted octanol–water partition coefficient (Wildman–Crippen LogP) is 2.65. The van der Waals surface area contributed by atoms with Gasteiger partial charge in [-0.3, -0.25) is 10.1 Å². The zero-order valence-electron chi connectivity index (χ0n) is 9.11. The standard InChI is InChI=1S/C12H7N3O3/c13-8-10(12-4-5-14-18-12)6-9-2-1-3-11(7-9)15(16)17/h1-7H. The lowest BCUT2D eigenvalue weighted by Crippen LogP contribution is -1.87. The maximum absolute atomic E-state index is 10.6. The van der Waals surface area contributed by atoms with Gasteiger partial charge in [0.25, 0.3) is 5.69 Å². The minimum atomic E-state index is -0.488. The molecule has 0 bridgehead atoms. The van der Waals surface area contributed by atoms with Crippen LogP contribution in [0, 0.1) is 21.4 Å². The molecule has 0 saturated carbocycles. The Morgan fingerprint density at radius 2 is 2.33 bits per heavy atom. The SMILES string of the molecule is N#CC(=Cc1cccc([N+](=O)[O-])c1)c1ccno1. The van der Waals surface area contributed by atoms with Gasteiger partial charge in [-0.2, -0.15) is 5.26 Å². The summed E-state index contributed by atoms with van der Waals surface area (Å²) in [5, 5.41) is 23.1. The number of aromatic nitrogens is 1. The molecule has 0 fully saturated rings. The molecule has 0 aliphatic rings. The lowest BCUT2D eigenvalue weighted by molar-refractivity contribution is -0.384. The smallest absolute Gasteiger partial charge is 0.270 e. The summed E-state index contributed by atoms with van der Waals surface area (Å²) in [6, 6.07) is 9.50. The van der Waals surface area contributed by atoms with E-state index >= 15 is 0 Å². The summed E-state index contributed by atoms with van der Waals surface area (Å²) in [4.78, 5) is 10.1. The molecule has 6 nitrogen and oxygen atoms in total. The lowest BCUT2D eigenvalue weighted by atomic mass is 10.1. The van der Waals surface area contributed by atoms with Crippen molar-refractivity contribution in [2.45, 2.75) is 0 Å². The van der Waals surface area contributed by atoms with Gasteiger partial charge >= 0.3 is 0 Å². The Balaban J connectivity index is 2.40. The molecule has 2 rings (SSSR count). The molecule has 1 aromatic heterocycles. The van der Waals surface area contributed by atoms with E-state index in [1.807, 2.05) is 6.07 Å². The average Bonchev–Trinajstić information content (AvgIpc) is 2.90. The van der Waals surface area contributed by atoms with Crippen LogP contribution in [0.2, 0.25) is 0 Å². The lowest BCUT2D eigenvalue weighted by Gasteiger charge is -1.95. The molecule has 0 N–H and O–H groups in total. The number of hydrogen-bond acceptors (Lipinski definition) is 5. The summed E-state index contributed by atoms with van der Waals surface area (Å²) in [5.41, 5.74) is 0.781. The van der Waals surface area contributed by atoms with Crippen molar-refractivity contribution < 1.29 is 9.45 Å². The van der Waals surface area contributed by atoms with Crippen molar-refractivity contribution in [1.82, 2.24) is 5.16 Å². The first-order valence-electron chi connectivity index (χ1n) is 4.98. The first kappa shape index (κ1) is 11.5. The molecule has 1 aromatic carbocycles. The number of allylic oxidation sites excluding steroid dienone is 1. The van der Waals surface area contributed by atoms with Crippen molar-refractivity contribution >= 4 is 17.3 Å². The fraction of sp³-hybridized carbons (Fsp3) is 0. The van der Waals surface area contributed by atoms with Gasteiger partial charge in [0.15, 0.2) is 5.76 Å². The molecule has 88 valence electrons. The first-order valence-corrected chi connectivity index (χ1v) is 4.98.